The fourth-order valence-corrected chi connectivity index (χ4v) is 1.77. The first-order chi connectivity index (χ1) is 9.56. The van der Waals surface area contributed by atoms with Crippen LogP contribution in [0.3, 0.4) is 0 Å². The Morgan fingerprint density at radius 3 is 2.45 bits per heavy atom. The number of nitrogen functional groups attached to an aromatic ring is 1. The Bertz CT molecular complexity index is 612. The lowest BCUT2D eigenvalue weighted by atomic mass is 10.1. The number of hydrogen-bond donors (Lipinski definition) is 2. The van der Waals surface area contributed by atoms with Crippen molar-refractivity contribution in [2.24, 2.45) is 0 Å². The summed E-state index contributed by atoms with van der Waals surface area (Å²) >= 11 is 0. The number of nitrogens with one attached hydrogen (secondary N) is 1. The number of hydrogen-bond acceptors (Lipinski definition) is 2. The van der Waals surface area contributed by atoms with Crippen molar-refractivity contribution in [1.82, 2.24) is 5.32 Å². The van der Waals surface area contributed by atoms with E-state index in [0.717, 1.165) is 17.7 Å². The summed E-state index contributed by atoms with van der Waals surface area (Å²) in [4.78, 5) is 11.7. The van der Waals surface area contributed by atoms with Crippen molar-refractivity contribution >= 4 is 11.6 Å². The molecule has 0 bridgehead atoms. The lowest BCUT2D eigenvalue weighted by Gasteiger charge is -2.06. The second-order valence-corrected chi connectivity index (χ2v) is 4.37. The average molecular weight is 276 g/mol. The van der Waals surface area contributed by atoms with Crippen LogP contribution in [0.4, 0.5) is 14.5 Å². The van der Waals surface area contributed by atoms with E-state index in [4.69, 9.17) is 5.73 Å². The first kappa shape index (κ1) is 14.0. The minimum atomic E-state index is -0.866. The van der Waals surface area contributed by atoms with E-state index in [1.165, 1.54) is 0 Å². The maximum absolute atomic E-state index is 13.4. The lowest BCUT2D eigenvalue weighted by molar-refractivity contribution is 0.0950. The molecule has 2 rings (SSSR count). The highest BCUT2D eigenvalue weighted by Gasteiger charge is 2.11. The van der Waals surface area contributed by atoms with Gasteiger partial charge in [0, 0.05) is 18.3 Å². The van der Waals surface area contributed by atoms with E-state index in [2.05, 4.69) is 5.32 Å². The Balaban J connectivity index is 1.90. The fourth-order valence-electron chi connectivity index (χ4n) is 1.77. The molecule has 0 unspecified atom stereocenters. The molecule has 0 aliphatic carbocycles. The van der Waals surface area contributed by atoms with Gasteiger partial charge in [0.1, 0.15) is 11.6 Å². The minimum absolute atomic E-state index is 0.163. The predicted octanol–water partition coefficient (Wildman–Crippen LogP) is 2.52. The molecule has 2 aromatic carbocycles. The molecule has 0 aliphatic heterocycles. The molecule has 104 valence electrons. The molecule has 0 heterocycles. The number of halogens is 2. The van der Waals surface area contributed by atoms with Crippen LogP contribution in [0.2, 0.25) is 0 Å². The van der Waals surface area contributed by atoms with Crippen molar-refractivity contribution in [2.75, 3.05) is 12.3 Å². The van der Waals surface area contributed by atoms with E-state index >= 15 is 0 Å². The molecule has 1 amide bonds. The third kappa shape index (κ3) is 3.54. The topological polar surface area (TPSA) is 55.1 Å². The van der Waals surface area contributed by atoms with Gasteiger partial charge in [0.05, 0.1) is 5.56 Å². The summed E-state index contributed by atoms with van der Waals surface area (Å²) < 4.78 is 26.1. The molecule has 3 N–H and O–H groups in total. The molecule has 0 atom stereocenters. The number of nitrogens with two attached hydrogens (primary N) is 1. The van der Waals surface area contributed by atoms with Gasteiger partial charge >= 0.3 is 0 Å². The Labute approximate surface area is 115 Å². The van der Waals surface area contributed by atoms with Crippen LogP contribution < -0.4 is 11.1 Å². The van der Waals surface area contributed by atoms with E-state index in [1.54, 1.807) is 12.1 Å². The summed E-state index contributed by atoms with van der Waals surface area (Å²) in [5.41, 5.74) is 7.09. The summed E-state index contributed by atoms with van der Waals surface area (Å²) in [6.45, 7) is 0.361. The number of carbonyl (C=O) groups is 1. The third-order valence-electron chi connectivity index (χ3n) is 2.85. The SMILES string of the molecule is Nc1ccc(CCNC(=O)c2ccc(F)cc2F)cc1. The van der Waals surface area contributed by atoms with Gasteiger partial charge < -0.3 is 11.1 Å². The van der Waals surface area contributed by atoms with Crippen LogP contribution in [0.1, 0.15) is 15.9 Å². The Morgan fingerprint density at radius 1 is 1.10 bits per heavy atom. The fraction of sp³-hybridized carbons (Fsp3) is 0.133. The Kier molecular flexibility index (Phi) is 4.30. The van der Waals surface area contributed by atoms with Gasteiger partial charge in [0.2, 0.25) is 0 Å². The van der Waals surface area contributed by atoms with E-state index in [-0.39, 0.29) is 5.56 Å². The summed E-state index contributed by atoms with van der Waals surface area (Å²) in [6, 6.07) is 10.1. The Hall–Kier alpha value is -2.43. The highest BCUT2D eigenvalue weighted by molar-refractivity contribution is 5.94. The number of carbonyl (C=O) groups excluding carboxylic acids is 1. The van der Waals surface area contributed by atoms with E-state index < -0.39 is 17.5 Å². The lowest BCUT2D eigenvalue weighted by Crippen LogP contribution is -2.26. The molecule has 20 heavy (non-hydrogen) atoms. The largest absolute Gasteiger partial charge is 0.399 e. The number of amides is 1. The van der Waals surface area contributed by atoms with Crippen LogP contribution in [0.25, 0.3) is 0 Å². The molecule has 3 nitrogen and oxygen atoms in total. The van der Waals surface area contributed by atoms with Crippen LogP contribution in [0.5, 0.6) is 0 Å². The zero-order valence-corrected chi connectivity index (χ0v) is 10.7. The third-order valence-corrected chi connectivity index (χ3v) is 2.85. The monoisotopic (exact) mass is 276 g/mol. The molecule has 0 spiro atoms. The predicted molar refractivity (Wildman–Crippen MR) is 73.2 cm³/mol. The van der Waals surface area contributed by atoms with Crippen molar-refractivity contribution in [3.63, 3.8) is 0 Å². The van der Waals surface area contributed by atoms with Gasteiger partial charge in [-0.05, 0) is 36.2 Å². The van der Waals surface area contributed by atoms with Gasteiger partial charge in [0.15, 0.2) is 0 Å². The van der Waals surface area contributed by atoms with Crippen LogP contribution >= 0.6 is 0 Å². The average Bonchev–Trinajstić information content (AvgIpc) is 2.41. The van der Waals surface area contributed by atoms with Gasteiger partial charge in [-0.2, -0.15) is 0 Å². The summed E-state index contributed by atoms with van der Waals surface area (Å²) in [7, 11) is 0. The standard InChI is InChI=1S/C15H14F2N2O/c16-11-3-6-13(14(17)9-11)15(20)19-8-7-10-1-4-12(18)5-2-10/h1-6,9H,7-8,18H2,(H,19,20). The van der Waals surface area contributed by atoms with Crippen LogP contribution in [-0.2, 0) is 6.42 Å². The molecule has 2 aromatic rings. The maximum atomic E-state index is 13.4. The number of rotatable bonds is 4. The minimum Gasteiger partial charge on any atom is -0.399 e. The highest BCUT2D eigenvalue weighted by Crippen LogP contribution is 2.09. The molecule has 0 fully saturated rings. The van der Waals surface area contributed by atoms with Gasteiger partial charge in [-0.3, -0.25) is 4.79 Å². The van der Waals surface area contributed by atoms with Crippen molar-refractivity contribution in [1.29, 1.82) is 0 Å². The molecule has 0 aliphatic rings. The van der Waals surface area contributed by atoms with E-state index in [1.807, 2.05) is 12.1 Å². The second-order valence-electron chi connectivity index (χ2n) is 4.37. The zero-order valence-electron chi connectivity index (χ0n) is 10.7. The first-order valence-electron chi connectivity index (χ1n) is 6.14. The van der Waals surface area contributed by atoms with Crippen LogP contribution in [0.15, 0.2) is 42.5 Å². The summed E-state index contributed by atoms with van der Waals surface area (Å²) in [5.74, 6) is -2.13. The smallest absolute Gasteiger partial charge is 0.254 e. The van der Waals surface area contributed by atoms with Crippen molar-refractivity contribution in [2.45, 2.75) is 6.42 Å². The van der Waals surface area contributed by atoms with Crippen molar-refractivity contribution in [3.05, 3.63) is 65.2 Å². The Morgan fingerprint density at radius 2 is 1.80 bits per heavy atom. The molecular weight excluding hydrogens is 262 g/mol. The van der Waals surface area contributed by atoms with Crippen LogP contribution in [-0.4, -0.2) is 12.5 Å². The molecule has 0 radical (unpaired) electrons. The number of anilines is 1. The molecule has 0 saturated carbocycles. The van der Waals surface area contributed by atoms with Crippen molar-refractivity contribution in [3.8, 4) is 0 Å². The first-order valence-corrected chi connectivity index (χ1v) is 6.14. The quantitative estimate of drug-likeness (QED) is 0.843. The van der Waals surface area contributed by atoms with Gasteiger partial charge in [0.25, 0.3) is 5.91 Å². The highest BCUT2D eigenvalue weighted by atomic mass is 19.1. The molecule has 0 aromatic heterocycles. The van der Waals surface area contributed by atoms with E-state index in [0.29, 0.717) is 24.7 Å². The molecule has 0 saturated heterocycles. The van der Waals surface area contributed by atoms with Crippen molar-refractivity contribution < 1.29 is 13.6 Å². The van der Waals surface area contributed by atoms with Gasteiger partial charge in [-0.1, -0.05) is 12.1 Å². The maximum Gasteiger partial charge on any atom is 0.254 e. The number of benzene rings is 2. The van der Waals surface area contributed by atoms with E-state index in [9.17, 15) is 13.6 Å². The second kappa shape index (κ2) is 6.14. The summed E-state index contributed by atoms with van der Waals surface area (Å²) in [5, 5.41) is 2.59. The van der Waals surface area contributed by atoms with Gasteiger partial charge in [-0.25, -0.2) is 8.78 Å². The summed E-state index contributed by atoms with van der Waals surface area (Å²) in [6.07, 6.45) is 0.606. The normalized spacial score (nSPS) is 10.3. The molecular formula is C15H14F2N2O. The van der Waals surface area contributed by atoms with Crippen LogP contribution in [0, 0.1) is 11.6 Å². The molecule has 5 heteroatoms. The zero-order chi connectivity index (χ0) is 14.5. The van der Waals surface area contributed by atoms with Gasteiger partial charge in [-0.15, -0.1) is 0 Å².